The number of hydrogen-bond donors (Lipinski definition) is 2. The SMILES string of the molecule is C[C@H](CC(=O)NNCc1cccnc1)OCc1cccnc1. The quantitative estimate of drug-likeness (QED) is 0.724. The summed E-state index contributed by atoms with van der Waals surface area (Å²) in [6, 6.07) is 7.59. The molecule has 0 aromatic carbocycles. The lowest BCUT2D eigenvalue weighted by Crippen LogP contribution is -2.38. The van der Waals surface area contributed by atoms with Gasteiger partial charge < -0.3 is 4.74 Å². The molecule has 6 heteroatoms. The van der Waals surface area contributed by atoms with Gasteiger partial charge in [0.1, 0.15) is 0 Å². The molecule has 0 radical (unpaired) electrons. The fourth-order valence-corrected chi connectivity index (χ4v) is 1.84. The zero-order valence-corrected chi connectivity index (χ0v) is 12.5. The van der Waals surface area contributed by atoms with E-state index in [2.05, 4.69) is 20.8 Å². The molecule has 1 amide bonds. The largest absolute Gasteiger partial charge is 0.373 e. The molecule has 116 valence electrons. The Bertz CT molecular complexity index is 563. The van der Waals surface area contributed by atoms with E-state index in [9.17, 15) is 4.79 Å². The van der Waals surface area contributed by atoms with Crippen LogP contribution in [0.25, 0.3) is 0 Å². The Morgan fingerprint density at radius 2 is 1.86 bits per heavy atom. The van der Waals surface area contributed by atoms with Gasteiger partial charge >= 0.3 is 0 Å². The minimum Gasteiger partial charge on any atom is -0.373 e. The Kier molecular flexibility index (Phi) is 6.47. The van der Waals surface area contributed by atoms with Crippen LogP contribution >= 0.6 is 0 Å². The van der Waals surface area contributed by atoms with Crippen molar-refractivity contribution in [3.8, 4) is 0 Å². The molecule has 2 rings (SSSR count). The van der Waals surface area contributed by atoms with Crippen molar-refractivity contribution < 1.29 is 9.53 Å². The second kappa shape index (κ2) is 8.86. The minimum absolute atomic E-state index is 0.109. The fourth-order valence-electron chi connectivity index (χ4n) is 1.84. The highest BCUT2D eigenvalue weighted by molar-refractivity contribution is 5.75. The van der Waals surface area contributed by atoms with E-state index in [-0.39, 0.29) is 12.0 Å². The third-order valence-corrected chi connectivity index (χ3v) is 2.97. The molecule has 22 heavy (non-hydrogen) atoms. The van der Waals surface area contributed by atoms with Crippen molar-refractivity contribution in [1.82, 2.24) is 20.8 Å². The number of pyridine rings is 2. The Balaban J connectivity index is 1.62. The van der Waals surface area contributed by atoms with Gasteiger partial charge in [-0.05, 0) is 30.2 Å². The molecule has 0 fully saturated rings. The van der Waals surface area contributed by atoms with Crippen molar-refractivity contribution in [1.29, 1.82) is 0 Å². The Labute approximate surface area is 129 Å². The molecule has 2 aromatic rings. The van der Waals surface area contributed by atoms with Crippen LogP contribution in [0.2, 0.25) is 0 Å². The van der Waals surface area contributed by atoms with Crippen LogP contribution in [0.4, 0.5) is 0 Å². The van der Waals surface area contributed by atoms with Crippen molar-refractivity contribution in [2.45, 2.75) is 32.6 Å². The van der Waals surface area contributed by atoms with Crippen LogP contribution in [0.1, 0.15) is 24.5 Å². The maximum Gasteiger partial charge on any atom is 0.236 e. The lowest BCUT2D eigenvalue weighted by Gasteiger charge is -2.13. The summed E-state index contributed by atoms with van der Waals surface area (Å²) in [5, 5.41) is 0. The van der Waals surface area contributed by atoms with Gasteiger partial charge in [0.25, 0.3) is 0 Å². The first-order chi connectivity index (χ1) is 10.7. The van der Waals surface area contributed by atoms with Gasteiger partial charge in [0, 0.05) is 31.3 Å². The molecule has 0 aliphatic heterocycles. The van der Waals surface area contributed by atoms with E-state index in [4.69, 9.17) is 4.74 Å². The number of ether oxygens (including phenoxy) is 1. The summed E-state index contributed by atoms with van der Waals surface area (Å²) < 4.78 is 5.62. The van der Waals surface area contributed by atoms with Gasteiger partial charge in [-0.3, -0.25) is 20.2 Å². The number of amides is 1. The first-order valence-corrected chi connectivity index (χ1v) is 7.15. The molecule has 2 aromatic heterocycles. The Morgan fingerprint density at radius 1 is 1.18 bits per heavy atom. The first kappa shape index (κ1) is 16.1. The van der Waals surface area contributed by atoms with E-state index in [1.54, 1.807) is 24.8 Å². The summed E-state index contributed by atoms with van der Waals surface area (Å²) in [6.45, 7) is 2.85. The van der Waals surface area contributed by atoms with Crippen LogP contribution in [-0.2, 0) is 22.7 Å². The molecular formula is C16H20N4O2. The number of nitrogens with one attached hydrogen (secondary N) is 2. The maximum atomic E-state index is 11.8. The van der Waals surface area contributed by atoms with Gasteiger partial charge in [0.15, 0.2) is 0 Å². The number of nitrogens with zero attached hydrogens (tertiary/aromatic N) is 2. The molecule has 0 unspecified atom stereocenters. The molecule has 0 spiro atoms. The predicted octanol–water partition coefficient (Wildman–Crippen LogP) is 1.59. The summed E-state index contributed by atoms with van der Waals surface area (Å²) in [6.07, 6.45) is 7.05. The number of rotatable bonds is 8. The van der Waals surface area contributed by atoms with Crippen LogP contribution < -0.4 is 10.9 Å². The van der Waals surface area contributed by atoms with E-state index >= 15 is 0 Å². The molecule has 2 N–H and O–H groups in total. The summed E-state index contributed by atoms with van der Waals surface area (Å²) in [5.41, 5.74) is 7.52. The van der Waals surface area contributed by atoms with Gasteiger partial charge in [-0.1, -0.05) is 12.1 Å². The van der Waals surface area contributed by atoms with Crippen LogP contribution in [0.15, 0.2) is 49.1 Å². The minimum atomic E-state index is -0.166. The maximum absolute atomic E-state index is 11.8. The third kappa shape index (κ3) is 5.99. The van der Waals surface area contributed by atoms with E-state index in [1.807, 2.05) is 31.2 Å². The zero-order valence-electron chi connectivity index (χ0n) is 12.5. The highest BCUT2D eigenvalue weighted by Gasteiger charge is 2.09. The van der Waals surface area contributed by atoms with Crippen LogP contribution in [0.5, 0.6) is 0 Å². The highest BCUT2D eigenvalue weighted by atomic mass is 16.5. The number of aromatic nitrogens is 2. The van der Waals surface area contributed by atoms with Crippen molar-refractivity contribution in [3.05, 3.63) is 60.2 Å². The van der Waals surface area contributed by atoms with Crippen LogP contribution in [0, 0.1) is 0 Å². The molecule has 2 heterocycles. The van der Waals surface area contributed by atoms with Gasteiger partial charge in [0.2, 0.25) is 5.91 Å². The molecule has 6 nitrogen and oxygen atoms in total. The fraction of sp³-hybridized carbons (Fsp3) is 0.312. The van der Waals surface area contributed by atoms with E-state index in [0.29, 0.717) is 19.6 Å². The topological polar surface area (TPSA) is 76.1 Å². The Morgan fingerprint density at radius 3 is 2.50 bits per heavy atom. The molecule has 0 saturated heterocycles. The number of hydrogen-bond acceptors (Lipinski definition) is 5. The van der Waals surface area contributed by atoms with Crippen molar-refractivity contribution in [2.24, 2.45) is 0 Å². The lowest BCUT2D eigenvalue weighted by atomic mass is 10.2. The van der Waals surface area contributed by atoms with Crippen molar-refractivity contribution >= 4 is 5.91 Å². The predicted molar refractivity (Wildman–Crippen MR) is 82.3 cm³/mol. The number of hydrazine groups is 1. The molecule has 0 aliphatic carbocycles. The van der Waals surface area contributed by atoms with Gasteiger partial charge in [-0.2, -0.15) is 0 Å². The zero-order chi connectivity index (χ0) is 15.6. The van der Waals surface area contributed by atoms with Crippen LogP contribution in [0.3, 0.4) is 0 Å². The third-order valence-electron chi connectivity index (χ3n) is 2.97. The lowest BCUT2D eigenvalue weighted by molar-refractivity contribution is -0.124. The average Bonchev–Trinajstić information content (AvgIpc) is 2.55. The van der Waals surface area contributed by atoms with Gasteiger partial charge in [-0.15, -0.1) is 0 Å². The van der Waals surface area contributed by atoms with Crippen LogP contribution in [-0.4, -0.2) is 22.0 Å². The normalized spacial score (nSPS) is 11.9. The monoisotopic (exact) mass is 300 g/mol. The second-order valence-electron chi connectivity index (χ2n) is 4.95. The standard InChI is InChI=1S/C16H20N4O2/c1-13(22-12-15-5-3-7-18-10-15)8-16(21)20-19-11-14-4-2-6-17-9-14/h2-7,9-10,13,19H,8,11-12H2,1H3,(H,20,21)/t13-/m1/s1. The van der Waals surface area contributed by atoms with Crippen molar-refractivity contribution in [3.63, 3.8) is 0 Å². The summed E-state index contributed by atoms with van der Waals surface area (Å²) in [5.74, 6) is -0.109. The molecular weight excluding hydrogens is 280 g/mol. The summed E-state index contributed by atoms with van der Waals surface area (Å²) in [4.78, 5) is 19.8. The number of carbonyl (C=O) groups is 1. The van der Waals surface area contributed by atoms with E-state index in [0.717, 1.165) is 11.1 Å². The second-order valence-corrected chi connectivity index (χ2v) is 4.95. The summed E-state index contributed by atoms with van der Waals surface area (Å²) >= 11 is 0. The molecule has 0 bridgehead atoms. The molecule has 0 aliphatic rings. The molecule has 1 atom stereocenters. The molecule has 0 saturated carbocycles. The van der Waals surface area contributed by atoms with Gasteiger partial charge in [0.05, 0.1) is 19.1 Å². The van der Waals surface area contributed by atoms with Crippen molar-refractivity contribution in [2.75, 3.05) is 0 Å². The highest BCUT2D eigenvalue weighted by Crippen LogP contribution is 2.04. The van der Waals surface area contributed by atoms with E-state index in [1.165, 1.54) is 0 Å². The first-order valence-electron chi connectivity index (χ1n) is 7.15. The number of carbonyl (C=O) groups excluding carboxylic acids is 1. The Hall–Kier alpha value is -2.31. The van der Waals surface area contributed by atoms with Gasteiger partial charge in [-0.25, -0.2) is 5.43 Å². The smallest absolute Gasteiger partial charge is 0.236 e. The average molecular weight is 300 g/mol. The summed E-state index contributed by atoms with van der Waals surface area (Å²) in [7, 11) is 0. The van der Waals surface area contributed by atoms with E-state index < -0.39 is 0 Å².